The molecule has 0 aliphatic carbocycles. The smallest absolute Gasteiger partial charge is 0.251 e. The van der Waals surface area contributed by atoms with Gasteiger partial charge in [-0.15, -0.1) is 0 Å². The Balaban J connectivity index is 1.38. The molecular formula is C24H22N2O5. The van der Waals surface area contributed by atoms with Gasteiger partial charge >= 0.3 is 0 Å². The number of ether oxygens (including phenoxy) is 3. The third-order valence-electron chi connectivity index (χ3n) is 4.90. The van der Waals surface area contributed by atoms with Gasteiger partial charge in [0.2, 0.25) is 5.91 Å². The van der Waals surface area contributed by atoms with Gasteiger partial charge in [0.1, 0.15) is 24.7 Å². The van der Waals surface area contributed by atoms with E-state index in [4.69, 9.17) is 19.9 Å². The second kappa shape index (κ2) is 8.79. The third-order valence-corrected chi connectivity index (χ3v) is 4.90. The fourth-order valence-electron chi connectivity index (χ4n) is 3.19. The van der Waals surface area contributed by atoms with Gasteiger partial charge in [0.05, 0.1) is 6.04 Å². The van der Waals surface area contributed by atoms with Gasteiger partial charge in [-0.1, -0.05) is 6.07 Å². The quantitative estimate of drug-likeness (QED) is 0.634. The molecule has 0 saturated carbocycles. The van der Waals surface area contributed by atoms with Crippen molar-refractivity contribution >= 4 is 11.8 Å². The first-order valence-electron chi connectivity index (χ1n) is 9.88. The number of benzene rings is 3. The van der Waals surface area contributed by atoms with Crippen LogP contribution >= 0.6 is 0 Å². The highest BCUT2D eigenvalue weighted by atomic mass is 16.6. The average Bonchev–Trinajstić information content (AvgIpc) is 2.79. The normalized spacial score (nSPS) is 13.2. The van der Waals surface area contributed by atoms with Crippen LogP contribution < -0.4 is 25.3 Å². The van der Waals surface area contributed by atoms with Crippen LogP contribution in [0.3, 0.4) is 0 Å². The van der Waals surface area contributed by atoms with Crippen molar-refractivity contribution in [1.82, 2.24) is 5.32 Å². The molecule has 3 aromatic rings. The molecule has 7 nitrogen and oxygen atoms in total. The Labute approximate surface area is 179 Å². The fraction of sp³-hybridized carbons (Fsp3) is 0.167. The molecule has 31 heavy (non-hydrogen) atoms. The number of carbonyl (C=O) groups is 2. The maximum atomic E-state index is 12.6. The van der Waals surface area contributed by atoms with E-state index in [1.54, 1.807) is 48.5 Å². The number of rotatable bonds is 6. The molecule has 1 aliphatic rings. The first kappa shape index (κ1) is 20.3. The topological polar surface area (TPSA) is 99.9 Å². The van der Waals surface area contributed by atoms with Gasteiger partial charge in [0.25, 0.3) is 5.91 Å². The van der Waals surface area contributed by atoms with E-state index in [1.807, 2.05) is 25.1 Å². The Morgan fingerprint density at radius 2 is 1.45 bits per heavy atom. The molecule has 0 radical (unpaired) electrons. The van der Waals surface area contributed by atoms with Crippen molar-refractivity contribution < 1.29 is 23.8 Å². The monoisotopic (exact) mass is 418 g/mol. The van der Waals surface area contributed by atoms with Gasteiger partial charge in [-0.05, 0) is 73.2 Å². The predicted molar refractivity (Wildman–Crippen MR) is 115 cm³/mol. The lowest BCUT2D eigenvalue weighted by molar-refractivity contribution is 0.0938. The molecule has 3 N–H and O–H groups in total. The minimum absolute atomic E-state index is 0.195. The molecule has 0 saturated heterocycles. The molecule has 0 fully saturated rings. The highest BCUT2D eigenvalue weighted by Crippen LogP contribution is 2.32. The number of fused-ring (bicyclic) bond motifs is 1. The summed E-state index contributed by atoms with van der Waals surface area (Å²) < 4.78 is 16.9. The molecule has 3 aromatic carbocycles. The van der Waals surface area contributed by atoms with Crippen LogP contribution in [0.15, 0.2) is 66.7 Å². The van der Waals surface area contributed by atoms with E-state index in [0.29, 0.717) is 47.3 Å². The first-order valence-corrected chi connectivity index (χ1v) is 9.88. The lowest BCUT2D eigenvalue weighted by Gasteiger charge is -2.21. The second-order valence-corrected chi connectivity index (χ2v) is 7.11. The van der Waals surface area contributed by atoms with Gasteiger partial charge in [0, 0.05) is 11.1 Å². The van der Waals surface area contributed by atoms with Crippen LogP contribution in [0.25, 0.3) is 0 Å². The SMILES string of the molecule is CC(NC(=O)c1ccc(Oc2ccc(C(N)=O)cc2)cc1)c1ccc2c(c1)OCCO2. The Morgan fingerprint density at radius 1 is 0.871 bits per heavy atom. The molecule has 2 amide bonds. The van der Waals surface area contributed by atoms with E-state index in [0.717, 1.165) is 5.56 Å². The van der Waals surface area contributed by atoms with Crippen molar-refractivity contribution in [2.24, 2.45) is 5.73 Å². The summed E-state index contributed by atoms with van der Waals surface area (Å²) in [5.41, 5.74) is 7.08. The standard InChI is InChI=1S/C24H22N2O5/c1-15(18-6-11-21-22(14-18)30-13-12-29-21)26-24(28)17-4-9-20(10-5-17)31-19-7-2-16(3-8-19)23(25)27/h2-11,14-15H,12-13H2,1H3,(H2,25,27)(H,26,28). The van der Waals surface area contributed by atoms with Crippen LogP contribution in [0.2, 0.25) is 0 Å². The summed E-state index contributed by atoms with van der Waals surface area (Å²) in [5, 5.41) is 2.99. The Bertz CT molecular complexity index is 1090. The number of nitrogens with one attached hydrogen (secondary N) is 1. The zero-order valence-corrected chi connectivity index (χ0v) is 17.0. The molecule has 0 bridgehead atoms. The van der Waals surface area contributed by atoms with Gasteiger partial charge in [-0.3, -0.25) is 9.59 Å². The summed E-state index contributed by atoms with van der Waals surface area (Å²) in [5.74, 6) is 1.86. The fourth-order valence-corrected chi connectivity index (χ4v) is 3.19. The summed E-state index contributed by atoms with van der Waals surface area (Å²) >= 11 is 0. The summed E-state index contributed by atoms with van der Waals surface area (Å²) in [7, 11) is 0. The molecule has 1 unspecified atom stereocenters. The lowest BCUT2D eigenvalue weighted by atomic mass is 10.1. The van der Waals surface area contributed by atoms with Crippen molar-refractivity contribution in [3.05, 3.63) is 83.4 Å². The van der Waals surface area contributed by atoms with E-state index in [1.165, 1.54) is 0 Å². The summed E-state index contributed by atoms with van der Waals surface area (Å²) in [6.45, 7) is 2.97. The molecule has 1 heterocycles. The van der Waals surface area contributed by atoms with Crippen LogP contribution in [0.5, 0.6) is 23.0 Å². The van der Waals surface area contributed by atoms with Crippen LogP contribution in [0, 0.1) is 0 Å². The molecule has 0 aromatic heterocycles. The van der Waals surface area contributed by atoms with Crippen molar-refractivity contribution in [3.63, 3.8) is 0 Å². The number of carbonyl (C=O) groups excluding carboxylic acids is 2. The minimum atomic E-state index is -0.493. The number of hydrogen-bond acceptors (Lipinski definition) is 5. The Kier molecular flexibility index (Phi) is 5.75. The molecule has 1 atom stereocenters. The van der Waals surface area contributed by atoms with Crippen LogP contribution in [-0.4, -0.2) is 25.0 Å². The third kappa shape index (κ3) is 4.78. The predicted octanol–water partition coefficient (Wildman–Crippen LogP) is 3.84. The van der Waals surface area contributed by atoms with Gasteiger partial charge < -0.3 is 25.3 Å². The van der Waals surface area contributed by atoms with E-state index < -0.39 is 5.91 Å². The number of primary amides is 1. The molecule has 158 valence electrons. The Hall–Kier alpha value is -4.00. The second-order valence-electron chi connectivity index (χ2n) is 7.11. The first-order chi connectivity index (χ1) is 15.0. The molecule has 1 aliphatic heterocycles. The van der Waals surface area contributed by atoms with Crippen LogP contribution in [-0.2, 0) is 0 Å². The maximum absolute atomic E-state index is 12.6. The number of amides is 2. The maximum Gasteiger partial charge on any atom is 0.251 e. The average molecular weight is 418 g/mol. The largest absolute Gasteiger partial charge is 0.486 e. The number of hydrogen-bond donors (Lipinski definition) is 2. The highest BCUT2D eigenvalue weighted by molar-refractivity contribution is 5.94. The van der Waals surface area contributed by atoms with Gasteiger partial charge in [-0.25, -0.2) is 0 Å². The number of nitrogens with two attached hydrogens (primary N) is 1. The van der Waals surface area contributed by atoms with Gasteiger partial charge in [0.15, 0.2) is 11.5 Å². The zero-order valence-electron chi connectivity index (χ0n) is 17.0. The molecular weight excluding hydrogens is 396 g/mol. The summed E-state index contributed by atoms with van der Waals surface area (Å²) in [4.78, 5) is 23.8. The summed E-state index contributed by atoms with van der Waals surface area (Å²) in [6.07, 6.45) is 0. The van der Waals surface area contributed by atoms with E-state index in [9.17, 15) is 9.59 Å². The van der Waals surface area contributed by atoms with Gasteiger partial charge in [-0.2, -0.15) is 0 Å². The highest BCUT2D eigenvalue weighted by Gasteiger charge is 2.16. The zero-order chi connectivity index (χ0) is 21.8. The lowest BCUT2D eigenvalue weighted by Crippen LogP contribution is -2.26. The van der Waals surface area contributed by atoms with E-state index in [-0.39, 0.29) is 11.9 Å². The van der Waals surface area contributed by atoms with Crippen molar-refractivity contribution in [1.29, 1.82) is 0 Å². The van der Waals surface area contributed by atoms with Crippen molar-refractivity contribution in [2.75, 3.05) is 13.2 Å². The molecule has 7 heteroatoms. The van der Waals surface area contributed by atoms with E-state index in [2.05, 4.69) is 5.32 Å². The molecule has 0 spiro atoms. The summed E-state index contributed by atoms with van der Waals surface area (Å²) in [6, 6.07) is 18.8. The van der Waals surface area contributed by atoms with Crippen molar-refractivity contribution in [3.8, 4) is 23.0 Å². The van der Waals surface area contributed by atoms with Crippen molar-refractivity contribution in [2.45, 2.75) is 13.0 Å². The minimum Gasteiger partial charge on any atom is -0.486 e. The van der Waals surface area contributed by atoms with E-state index >= 15 is 0 Å². The van der Waals surface area contributed by atoms with Crippen LogP contribution in [0.1, 0.15) is 39.2 Å². The Morgan fingerprint density at radius 3 is 2.06 bits per heavy atom. The molecule has 4 rings (SSSR count). The van der Waals surface area contributed by atoms with Crippen LogP contribution in [0.4, 0.5) is 0 Å².